The molecule has 0 atom stereocenters. The Morgan fingerprint density at radius 3 is 1.29 bits per heavy atom. The van der Waals surface area contributed by atoms with Crippen LogP contribution >= 0.6 is 0 Å². The Hall–Kier alpha value is -6.24. The van der Waals surface area contributed by atoms with Crippen LogP contribution in [0.15, 0.2) is 182 Å². The summed E-state index contributed by atoms with van der Waals surface area (Å²) in [6, 6.07) is 67.0. The van der Waals surface area contributed by atoms with E-state index < -0.39 is 0 Å². The second-order valence-corrected chi connectivity index (χ2v) is 12.8. The third-order valence-corrected chi connectivity index (χ3v) is 10.2. The third-order valence-electron chi connectivity index (χ3n) is 10.2. The van der Waals surface area contributed by atoms with Crippen molar-refractivity contribution < 1.29 is 0 Å². The van der Waals surface area contributed by atoms with E-state index >= 15 is 0 Å². The lowest BCUT2D eigenvalue weighted by molar-refractivity contribution is 1.58. The Labute approximate surface area is 279 Å². The van der Waals surface area contributed by atoms with Crippen LogP contribution < -0.4 is 0 Å². The second kappa shape index (κ2) is 10.7. The second-order valence-electron chi connectivity index (χ2n) is 12.8. The average Bonchev–Trinajstić information content (AvgIpc) is 3.16. The molecule has 0 spiro atoms. The minimum absolute atomic E-state index is 1.22. The largest absolute Gasteiger partial charge is 0.0622 e. The van der Waals surface area contributed by atoms with Crippen molar-refractivity contribution in [2.45, 2.75) is 0 Å². The van der Waals surface area contributed by atoms with Gasteiger partial charge in [-0.3, -0.25) is 0 Å². The SMILES string of the molecule is c1ccc(-c2ccccc2-c2ccc(-c3c4ccccc4c(-c4ccc5ccc6cccc7ccc4c5c67)c4ccccc34)cc2)cc1. The minimum Gasteiger partial charge on any atom is -0.0622 e. The molecule has 222 valence electrons. The molecule has 0 unspecified atom stereocenters. The van der Waals surface area contributed by atoms with E-state index in [1.807, 2.05) is 0 Å². The number of hydrogen-bond donors (Lipinski definition) is 0. The Morgan fingerprint density at radius 2 is 0.667 bits per heavy atom. The van der Waals surface area contributed by atoms with Crippen LogP contribution in [0.2, 0.25) is 0 Å². The first-order chi connectivity index (χ1) is 23.8. The van der Waals surface area contributed by atoms with Crippen molar-refractivity contribution >= 4 is 53.9 Å². The van der Waals surface area contributed by atoms with Crippen LogP contribution in [0.1, 0.15) is 0 Å². The smallest absolute Gasteiger partial charge is 0.00201 e. The minimum atomic E-state index is 1.22. The molecule has 10 aromatic carbocycles. The molecule has 0 aromatic heterocycles. The molecule has 0 nitrogen and oxygen atoms in total. The molecule has 0 aliphatic heterocycles. The van der Waals surface area contributed by atoms with Gasteiger partial charge in [-0.15, -0.1) is 0 Å². The van der Waals surface area contributed by atoms with Crippen molar-refractivity contribution in [3.05, 3.63) is 182 Å². The predicted octanol–water partition coefficient (Wildman–Crippen LogP) is 13.6. The van der Waals surface area contributed by atoms with Gasteiger partial charge in [-0.2, -0.15) is 0 Å². The Morgan fingerprint density at radius 1 is 0.208 bits per heavy atom. The van der Waals surface area contributed by atoms with Crippen LogP contribution in [-0.4, -0.2) is 0 Å². The zero-order valence-corrected chi connectivity index (χ0v) is 26.3. The molecule has 0 heterocycles. The number of hydrogen-bond acceptors (Lipinski definition) is 0. The third kappa shape index (κ3) is 4.03. The number of fused-ring (bicyclic) bond motifs is 2. The molecule has 0 heteroatoms. The summed E-state index contributed by atoms with van der Waals surface area (Å²) < 4.78 is 0. The maximum atomic E-state index is 2.34. The van der Waals surface area contributed by atoms with Crippen molar-refractivity contribution in [2.75, 3.05) is 0 Å². The fraction of sp³-hybridized carbons (Fsp3) is 0. The van der Waals surface area contributed by atoms with E-state index in [1.54, 1.807) is 0 Å². The van der Waals surface area contributed by atoms with E-state index in [0.717, 1.165) is 0 Å². The molecule has 0 radical (unpaired) electrons. The van der Waals surface area contributed by atoms with Crippen molar-refractivity contribution in [2.24, 2.45) is 0 Å². The fourth-order valence-electron chi connectivity index (χ4n) is 8.10. The Bertz CT molecular complexity index is 2730. The zero-order chi connectivity index (χ0) is 31.6. The molecule has 10 rings (SSSR count). The van der Waals surface area contributed by atoms with Gasteiger partial charge >= 0.3 is 0 Å². The van der Waals surface area contributed by atoms with Gasteiger partial charge in [-0.1, -0.05) is 182 Å². The monoisotopic (exact) mass is 606 g/mol. The number of rotatable bonds is 4. The molecule has 48 heavy (non-hydrogen) atoms. The van der Waals surface area contributed by atoms with Gasteiger partial charge in [0.05, 0.1) is 0 Å². The molecule has 0 aliphatic carbocycles. The van der Waals surface area contributed by atoms with Crippen molar-refractivity contribution in [3.63, 3.8) is 0 Å². The van der Waals surface area contributed by atoms with Crippen LogP contribution in [0.25, 0.3) is 98.4 Å². The molecule has 0 saturated heterocycles. The lowest BCUT2D eigenvalue weighted by Crippen LogP contribution is -1.93. The van der Waals surface area contributed by atoms with E-state index in [4.69, 9.17) is 0 Å². The van der Waals surface area contributed by atoms with E-state index in [2.05, 4.69) is 182 Å². The van der Waals surface area contributed by atoms with E-state index in [1.165, 1.54) is 98.4 Å². The van der Waals surface area contributed by atoms with E-state index in [9.17, 15) is 0 Å². The highest BCUT2D eigenvalue weighted by atomic mass is 14.2. The van der Waals surface area contributed by atoms with Crippen LogP contribution in [-0.2, 0) is 0 Å². The summed E-state index contributed by atoms with van der Waals surface area (Å²) in [5, 5.41) is 13.0. The van der Waals surface area contributed by atoms with Gasteiger partial charge in [0.2, 0.25) is 0 Å². The maximum absolute atomic E-state index is 2.34. The van der Waals surface area contributed by atoms with E-state index in [0.29, 0.717) is 0 Å². The summed E-state index contributed by atoms with van der Waals surface area (Å²) in [5.41, 5.74) is 10.0. The predicted molar refractivity (Wildman–Crippen MR) is 207 cm³/mol. The van der Waals surface area contributed by atoms with Gasteiger partial charge in [0.15, 0.2) is 0 Å². The van der Waals surface area contributed by atoms with Gasteiger partial charge < -0.3 is 0 Å². The van der Waals surface area contributed by atoms with E-state index in [-0.39, 0.29) is 0 Å². The summed E-state index contributed by atoms with van der Waals surface area (Å²) in [6.45, 7) is 0. The molecule has 10 aromatic rings. The summed E-state index contributed by atoms with van der Waals surface area (Å²) in [6.07, 6.45) is 0. The van der Waals surface area contributed by atoms with Gasteiger partial charge in [-0.05, 0) is 98.4 Å². The highest BCUT2D eigenvalue weighted by Crippen LogP contribution is 2.47. The van der Waals surface area contributed by atoms with Crippen LogP contribution in [0.5, 0.6) is 0 Å². The fourth-order valence-corrected chi connectivity index (χ4v) is 8.10. The summed E-state index contributed by atoms with van der Waals surface area (Å²) >= 11 is 0. The highest BCUT2D eigenvalue weighted by molar-refractivity contribution is 6.29. The van der Waals surface area contributed by atoms with Crippen LogP contribution in [0.4, 0.5) is 0 Å². The normalized spacial score (nSPS) is 11.8. The average molecular weight is 607 g/mol. The molecular weight excluding hydrogens is 577 g/mol. The van der Waals surface area contributed by atoms with Gasteiger partial charge in [0, 0.05) is 0 Å². The summed E-state index contributed by atoms with van der Waals surface area (Å²) in [4.78, 5) is 0. The molecular formula is C48H30. The Kier molecular flexibility index (Phi) is 5.98. The van der Waals surface area contributed by atoms with Crippen molar-refractivity contribution in [1.29, 1.82) is 0 Å². The molecule has 0 fully saturated rings. The van der Waals surface area contributed by atoms with Crippen LogP contribution in [0.3, 0.4) is 0 Å². The van der Waals surface area contributed by atoms with Gasteiger partial charge in [-0.25, -0.2) is 0 Å². The lowest BCUT2D eigenvalue weighted by Gasteiger charge is -2.20. The molecule has 0 N–H and O–H groups in total. The first kappa shape index (κ1) is 26.9. The van der Waals surface area contributed by atoms with Gasteiger partial charge in [0.1, 0.15) is 0 Å². The molecule has 0 saturated carbocycles. The summed E-state index contributed by atoms with van der Waals surface area (Å²) in [5.74, 6) is 0. The number of benzene rings is 10. The van der Waals surface area contributed by atoms with Crippen LogP contribution in [0, 0.1) is 0 Å². The molecule has 0 amide bonds. The molecule has 0 aliphatic rings. The topological polar surface area (TPSA) is 0 Å². The molecule has 0 bridgehead atoms. The standard InChI is InChI=1S/C48H30/c1-2-11-31(12-3-1)37-15-4-5-16-38(37)32-21-23-35(24-22-32)46-39-17-6-8-19-41(39)48(42-20-9-7-18-40(42)46)44-30-28-36-26-25-33-13-10-14-34-27-29-43(44)47(36)45(33)34/h1-30H. The Balaban J connectivity index is 1.21. The lowest BCUT2D eigenvalue weighted by atomic mass is 9.83. The zero-order valence-electron chi connectivity index (χ0n) is 26.3. The quantitative estimate of drug-likeness (QED) is 0.138. The van der Waals surface area contributed by atoms with Gasteiger partial charge in [0.25, 0.3) is 0 Å². The highest BCUT2D eigenvalue weighted by Gasteiger charge is 2.19. The first-order valence-corrected chi connectivity index (χ1v) is 16.7. The summed E-state index contributed by atoms with van der Waals surface area (Å²) in [7, 11) is 0. The first-order valence-electron chi connectivity index (χ1n) is 16.7. The maximum Gasteiger partial charge on any atom is -0.00201 e. The van der Waals surface area contributed by atoms with Crippen molar-refractivity contribution in [1.82, 2.24) is 0 Å². The van der Waals surface area contributed by atoms with Crippen molar-refractivity contribution in [3.8, 4) is 44.5 Å².